The maximum absolute atomic E-state index is 9.17. The molecule has 0 aliphatic rings. The topological polar surface area (TPSA) is 42.6 Å². The van der Waals surface area contributed by atoms with Crippen molar-refractivity contribution in [2.45, 2.75) is 6.92 Å². The summed E-state index contributed by atoms with van der Waals surface area (Å²) in [5, 5.41) is 9.17. The molecule has 0 atom stereocenters. The Bertz CT molecular complexity index is 353. The predicted octanol–water partition coefficient (Wildman–Crippen LogP) is 0.917. The maximum atomic E-state index is 9.17. The summed E-state index contributed by atoms with van der Waals surface area (Å²) in [5.41, 5.74) is 2.05. The molecule has 0 aromatic carbocycles. The van der Waals surface area contributed by atoms with Crippen molar-refractivity contribution in [1.29, 1.82) is 0 Å². The average Bonchev–Trinajstić information content (AvgIpc) is 2.52. The second kappa shape index (κ2) is 4.07. The fourth-order valence-electron chi connectivity index (χ4n) is 0.734. The molecular weight excluding hydrogens is 180 g/mol. The van der Waals surface area contributed by atoms with E-state index in [9.17, 15) is 5.11 Å². The Kier molecular flexibility index (Phi) is 3.05. The molecule has 0 fully saturated rings. The van der Waals surface area contributed by atoms with E-state index in [-0.39, 0.29) is 11.4 Å². The Morgan fingerprint density at radius 3 is 3.00 bits per heavy atom. The molecule has 0 saturated heterocycles. The first-order chi connectivity index (χ1) is 5.77. The van der Waals surface area contributed by atoms with Crippen molar-refractivity contribution in [3.8, 4) is 0 Å². The minimum atomic E-state index is -0.220. The van der Waals surface area contributed by atoms with Crippen LogP contribution in [0.15, 0.2) is 16.5 Å². The van der Waals surface area contributed by atoms with Crippen molar-refractivity contribution in [3.63, 3.8) is 0 Å². The molecule has 1 N–H and O–H groups in total. The fraction of sp³-hybridized carbons (Fsp3) is 0.250. The van der Waals surface area contributed by atoms with Crippen molar-refractivity contribution in [3.05, 3.63) is 23.0 Å². The lowest BCUT2D eigenvalue weighted by atomic mass is 10.6. The number of rotatable bonds is 2. The van der Waals surface area contributed by atoms with Crippen molar-refractivity contribution in [2.24, 2.45) is 0 Å². The van der Waals surface area contributed by atoms with E-state index >= 15 is 0 Å². The second-order valence-electron chi connectivity index (χ2n) is 2.05. The molecule has 12 heavy (non-hydrogen) atoms. The highest BCUT2D eigenvalue weighted by atomic mass is 35.5. The van der Waals surface area contributed by atoms with E-state index in [2.05, 4.69) is 0 Å². The minimum Gasteiger partial charge on any atom is -0.478 e. The summed E-state index contributed by atoms with van der Waals surface area (Å²) < 4.78 is 9.85. The lowest BCUT2D eigenvalue weighted by Crippen LogP contribution is -2.06. The summed E-state index contributed by atoms with van der Waals surface area (Å²) in [7, 11) is 0. The van der Waals surface area contributed by atoms with Gasteiger partial charge in [-0.3, -0.25) is 0 Å². The van der Waals surface area contributed by atoms with Gasteiger partial charge >= 0.3 is 5.95 Å². The summed E-state index contributed by atoms with van der Waals surface area (Å²) >= 11 is 5.37. The van der Waals surface area contributed by atoms with Crippen LogP contribution in [0.5, 0.6) is 0 Å². The summed E-state index contributed by atoms with van der Waals surface area (Å²) in [5.74, 6) is -0.220. The molecule has 0 radical (unpaired) electrons. The second-order valence-corrected chi connectivity index (χ2v) is 2.27. The van der Waals surface area contributed by atoms with Crippen LogP contribution in [0.1, 0.15) is 6.92 Å². The number of hydrogen-bond donors (Lipinski definition) is 1. The van der Waals surface area contributed by atoms with E-state index < -0.39 is 0 Å². The van der Waals surface area contributed by atoms with Crippen LogP contribution in [0.3, 0.4) is 0 Å². The molecule has 0 unspecified atom stereocenters. The van der Waals surface area contributed by atoms with Gasteiger partial charge in [0.1, 0.15) is 5.42 Å². The van der Waals surface area contributed by atoms with Gasteiger partial charge in [-0.2, -0.15) is 0 Å². The predicted molar refractivity (Wildman–Crippen MR) is 45.9 cm³/mol. The molecule has 0 spiro atoms. The monoisotopic (exact) mass is 188 g/mol. The number of aliphatic hydroxyl groups excluding tert-OH is 1. The average molecular weight is 189 g/mol. The van der Waals surface area contributed by atoms with Gasteiger partial charge in [-0.05, 0) is 19.1 Å². The van der Waals surface area contributed by atoms with Crippen LogP contribution >= 0.6 is 11.6 Å². The molecule has 1 aromatic heterocycles. The normalized spacial score (nSPS) is 14.7. The quantitative estimate of drug-likeness (QED) is 0.751. The molecule has 3 nitrogen and oxygen atoms in total. The van der Waals surface area contributed by atoms with Gasteiger partial charge in [-0.1, -0.05) is 11.6 Å². The van der Waals surface area contributed by atoms with Gasteiger partial charge in [0.2, 0.25) is 5.42 Å². The van der Waals surface area contributed by atoms with E-state index in [4.69, 9.17) is 20.8 Å². The number of ether oxygens (including phenoxy) is 1. The summed E-state index contributed by atoms with van der Waals surface area (Å²) in [4.78, 5) is 0. The Morgan fingerprint density at radius 2 is 2.50 bits per heavy atom. The van der Waals surface area contributed by atoms with E-state index in [1.807, 2.05) is 0 Å². The zero-order valence-corrected chi connectivity index (χ0v) is 7.34. The van der Waals surface area contributed by atoms with Gasteiger partial charge in [0, 0.05) is 5.54 Å². The molecule has 1 aromatic rings. The van der Waals surface area contributed by atoms with E-state index in [1.165, 1.54) is 5.54 Å². The van der Waals surface area contributed by atoms with E-state index in [1.54, 1.807) is 19.1 Å². The third kappa shape index (κ3) is 1.95. The third-order valence-electron chi connectivity index (χ3n) is 1.23. The van der Waals surface area contributed by atoms with Crippen LogP contribution < -0.4 is 10.8 Å². The number of furan rings is 1. The van der Waals surface area contributed by atoms with Crippen LogP contribution in [-0.4, -0.2) is 11.7 Å². The molecule has 4 heteroatoms. The number of hydrogen-bond acceptors (Lipinski definition) is 3. The van der Waals surface area contributed by atoms with Gasteiger partial charge in [0.15, 0.2) is 0 Å². The summed E-state index contributed by atoms with van der Waals surface area (Å²) in [6.45, 7) is 2.17. The molecule has 0 aliphatic carbocycles. The van der Waals surface area contributed by atoms with Gasteiger partial charge in [0.25, 0.3) is 0 Å². The largest absolute Gasteiger partial charge is 0.478 e. The molecule has 0 aliphatic heterocycles. The number of aliphatic hydroxyl groups is 1. The highest BCUT2D eigenvalue weighted by Crippen LogP contribution is 1.87. The molecule has 0 saturated carbocycles. The molecule has 1 rings (SSSR count). The minimum absolute atomic E-state index is 0.220. The van der Waals surface area contributed by atoms with Crippen LogP contribution in [0.4, 0.5) is 0 Å². The lowest BCUT2D eigenvalue weighted by molar-refractivity contribution is 0.181. The van der Waals surface area contributed by atoms with E-state index in [0.29, 0.717) is 12.0 Å². The van der Waals surface area contributed by atoms with Crippen LogP contribution in [-0.2, 0) is 4.74 Å². The smallest absolute Gasteiger partial charge is 0.321 e. The Morgan fingerprint density at radius 1 is 1.75 bits per heavy atom. The van der Waals surface area contributed by atoms with Crippen LogP contribution in [0.25, 0.3) is 11.5 Å². The zero-order valence-electron chi connectivity index (χ0n) is 6.58. The van der Waals surface area contributed by atoms with Gasteiger partial charge < -0.3 is 14.3 Å². The Labute approximate surface area is 74.5 Å². The first kappa shape index (κ1) is 9.00. The molecule has 1 heterocycles. The highest BCUT2D eigenvalue weighted by Gasteiger charge is 1.96. The summed E-state index contributed by atoms with van der Waals surface area (Å²) in [6, 6.07) is 3.22. The summed E-state index contributed by atoms with van der Waals surface area (Å²) in [6.07, 6.45) is 0. The first-order valence-corrected chi connectivity index (χ1v) is 3.94. The zero-order chi connectivity index (χ0) is 8.97. The molecular formula is C8H9ClO3. The van der Waals surface area contributed by atoms with Gasteiger partial charge in [0.05, 0.1) is 6.61 Å². The fourth-order valence-corrected chi connectivity index (χ4v) is 0.852. The van der Waals surface area contributed by atoms with Crippen molar-refractivity contribution in [2.75, 3.05) is 6.61 Å². The molecule has 66 valence electrons. The molecule has 0 amide bonds. The van der Waals surface area contributed by atoms with Crippen molar-refractivity contribution in [1.82, 2.24) is 0 Å². The van der Waals surface area contributed by atoms with Gasteiger partial charge in [-0.25, -0.2) is 0 Å². The maximum Gasteiger partial charge on any atom is 0.321 e. The third-order valence-corrected chi connectivity index (χ3v) is 1.44. The highest BCUT2D eigenvalue weighted by molar-refractivity contribution is 6.38. The van der Waals surface area contributed by atoms with Crippen LogP contribution in [0.2, 0.25) is 0 Å². The standard InChI is InChI=1S/C8H9ClO3/c1-2-11-8(10)7-4-3-6(5-9)12-7/h3-5,10H,2H2,1H3/b6-5+,8-7+. The van der Waals surface area contributed by atoms with Crippen molar-refractivity contribution < 1.29 is 14.3 Å². The lowest BCUT2D eigenvalue weighted by Gasteiger charge is -1.96. The first-order valence-electron chi connectivity index (χ1n) is 3.50. The van der Waals surface area contributed by atoms with Gasteiger partial charge in [-0.15, -0.1) is 0 Å². The SMILES string of the molecule is CCO/C(O)=c1\cc/c(=C\Cl)o1. The van der Waals surface area contributed by atoms with Crippen molar-refractivity contribution >= 4 is 23.1 Å². The Hall–Kier alpha value is -1.09. The van der Waals surface area contributed by atoms with Crippen LogP contribution in [0, 0.1) is 0 Å². The molecule has 0 bridgehead atoms. The Balaban J connectivity index is 3.09. The number of halogens is 1. The van der Waals surface area contributed by atoms with E-state index in [0.717, 1.165) is 0 Å².